The highest BCUT2D eigenvalue weighted by molar-refractivity contribution is 7.80. The van der Waals surface area contributed by atoms with E-state index in [1.807, 2.05) is 24.5 Å². The third-order valence-corrected chi connectivity index (χ3v) is 8.09. The third kappa shape index (κ3) is 9.18. The molecule has 2 atom stereocenters. The van der Waals surface area contributed by atoms with Crippen LogP contribution in [0.25, 0.3) is 0 Å². The molecule has 1 saturated heterocycles. The lowest BCUT2D eigenvalue weighted by Crippen LogP contribution is -2.68. The van der Waals surface area contributed by atoms with Gasteiger partial charge in [-0.05, 0) is 26.0 Å². The second-order valence-electron chi connectivity index (χ2n) is 10.9. The van der Waals surface area contributed by atoms with Crippen LogP contribution in [0.4, 0.5) is 16.6 Å². The van der Waals surface area contributed by atoms with Gasteiger partial charge >= 0.3 is 16.4 Å². The molecule has 3 aromatic rings. The molecule has 17 nitrogen and oxygen atoms in total. The fourth-order valence-corrected chi connectivity index (χ4v) is 5.44. The molecule has 0 aromatic carbocycles. The number of ether oxygens (including phenoxy) is 1. The Morgan fingerprint density at radius 2 is 1.98 bits per heavy atom. The van der Waals surface area contributed by atoms with E-state index in [2.05, 4.69) is 36.2 Å². The van der Waals surface area contributed by atoms with Crippen LogP contribution in [0.2, 0.25) is 0 Å². The zero-order valence-electron chi connectivity index (χ0n) is 25.6. The summed E-state index contributed by atoms with van der Waals surface area (Å²) in [4.78, 5) is 51.3. The molecule has 0 aliphatic carbocycles. The number of ketones is 1. The summed E-state index contributed by atoms with van der Waals surface area (Å²) in [5.74, 6) is -3.41. The molecule has 0 radical (unpaired) electrons. The maximum Gasteiger partial charge on any atom is 0.418 e. The number of carbonyl (C=O) groups excluding carboxylic acids is 2. The number of carbonyl (C=O) groups is 3. The number of nitrogens with two attached hydrogens (primary N) is 1. The predicted octanol–water partition coefficient (Wildman–Crippen LogP) is 2.14. The molecule has 3 aromatic heterocycles. The Balaban J connectivity index is 1.40. The fourth-order valence-electron chi connectivity index (χ4n) is 4.44. The molecule has 47 heavy (non-hydrogen) atoms. The lowest BCUT2D eigenvalue weighted by atomic mass is 9.74. The van der Waals surface area contributed by atoms with Gasteiger partial charge in [0.25, 0.3) is 12.0 Å². The number of hydroxylamine groups is 2. The highest BCUT2D eigenvalue weighted by Crippen LogP contribution is 2.40. The predicted molar refractivity (Wildman–Crippen MR) is 167 cm³/mol. The summed E-state index contributed by atoms with van der Waals surface area (Å²) < 4.78 is 43.1. The molecule has 0 bridgehead atoms. The Labute approximate surface area is 273 Å². The molecule has 0 saturated carbocycles. The van der Waals surface area contributed by atoms with Gasteiger partial charge in [0.15, 0.2) is 29.0 Å². The number of aliphatic carboxylic acids is 1. The second-order valence-corrected chi connectivity index (χ2v) is 12.8. The number of carboxylic acids is 1. The minimum Gasteiger partial charge on any atom is -0.487 e. The van der Waals surface area contributed by atoms with Crippen molar-refractivity contribution >= 4 is 61.7 Å². The average Bonchev–Trinajstić information content (AvgIpc) is 3.45. The third-order valence-electron chi connectivity index (χ3n) is 7.08. The fraction of sp³-hybridized carbons (Fsp3) is 0.393. The van der Waals surface area contributed by atoms with E-state index in [4.69, 9.17) is 19.9 Å². The Morgan fingerprint density at radius 1 is 1.26 bits per heavy atom. The normalized spacial score (nSPS) is 16.7. The summed E-state index contributed by atoms with van der Waals surface area (Å²) in [5, 5.41) is 18.6. The van der Waals surface area contributed by atoms with Crippen LogP contribution in [-0.4, -0.2) is 74.7 Å². The van der Waals surface area contributed by atoms with Crippen molar-refractivity contribution in [2.75, 3.05) is 17.7 Å². The van der Waals surface area contributed by atoms with Crippen LogP contribution in [0.1, 0.15) is 45.7 Å². The first-order chi connectivity index (χ1) is 22.2. The molecule has 0 spiro atoms. The van der Waals surface area contributed by atoms with Gasteiger partial charge < -0.3 is 25.7 Å². The van der Waals surface area contributed by atoms with Gasteiger partial charge in [0.1, 0.15) is 30.4 Å². The van der Waals surface area contributed by atoms with Crippen LogP contribution < -0.4 is 20.4 Å². The van der Waals surface area contributed by atoms with Gasteiger partial charge in [-0.1, -0.05) is 18.5 Å². The molecular formula is C28H34N7O10S2+. The molecule has 4 rings (SSSR count). The smallest absolute Gasteiger partial charge is 0.418 e. The summed E-state index contributed by atoms with van der Waals surface area (Å²) in [6.45, 7) is 5.40. The number of hydrogen-bond donors (Lipinski definition) is 4. The number of nitrogen functional groups attached to an aromatic ring is 1. The molecule has 0 unspecified atom stereocenters. The number of aromatic nitrogens is 3. The number of unbranched alkanes of at least 4 members (excludes halogenated alkanes) is 1. The average molecular weight is 693 g/mol. The highest BCUT2D eigenvalue weighted by atomic mass is 32.3. The van der Waals surface area contributed by atoms with Gasteiger partial charge in [-0.25, -0.2) is 19.3 Å². The van der Waals surface area contributed by atoms with Crippen LogP contribution in [0.3, 0.4) is 0 Å². The number of rotatable bonds is 17. The van der Waals surface area contributed by atoms with Gasteiger partial charge in [-0.15, -0.1) is 15.6 Å². The maximum atomic E-state index is 13.3. The summed E-state index contributed by atoms with van der Waals surface area (Å²) in [7, 11) is -4.99. The van der Waals surface area contributed by atoms with Crippen molar-refractivity contribution in [1.82, 2.24) is 15.0 Å². The lowest BCUT2D eigenvalue weighted by Gasteiger charge is -2.50. The van der Waals surface area contributed by atoms with Crippen LogP contribution in [0.5, 0.6) is 5.75 Å². The van der Waals surface area contributed by atoms with E-state index in [1.54, 1.807) is 12.1 Å². The first-order valence-electron chi connectivity index (χ1n) is 14.2. The number of oxime groups is 1. The molecular weight excluding hydrogens is 658 g/mol. The van der Waals surface area contributed by atoms with Crippen molar-refractivity contribution < 1.29 is 50.9 Å². The first-order valence-corrected chi connectivity index (χ1v) is 16.5. The quantitative estimate of drug-likeness (QED) is 0.0522. The van der Waals surface area contributed by atoms with E-state index >= 15 is 0 Å². The van der Waals surface area contributed by atoms with Gasteiger partial charge in [0, 0.05) is 30.4 Å². The first kappa shape index (κ1) is 35.1. The Bertz CT molecular complexity index is 1730. The summed E-state index contributed by atoms with van der Waals surface area (Å²) >= 11 is 0.983. The highest BCUT2D eigenvalue weighted by Gasteiger charge is 2.57. The number of nitrogens with zero attached hydrogens (tertiary/aromatic N) is 5. The van der Waals surface area contributed by atoms with Crippen molar-refractivity contribution in [2.45, 2.75) is 58.2 Å². The molecule has 252 valence electrons. The zero-order valence-corrected chi connectivity index (χ0v) is 27.2. The van der Waals surface area contributed by atoms with Crippen LogP contribution in [0.15, 0.2) is 53.4 Å². The molecule has 4 heterocycles. The number of hydrogen-bond acceptors (Lipinski definition) is 14. The van der Waals surface area contributed by atoms with Crippen molar-refractivity contribution in [3.05, 3.63) is 53.9 Å². The van der Waals surface area contributed by atoms with Crippen molar-refractivity contribution in [3.8, 4) is 5.75 Å². The van der Waals surface area contributed by atoms with Crippen molar-refractivity contribution in [2.24, 2.45) is 11.1 Å². The minimum absolute atomic E-state index is 0.0281. The van der Waals surface area contributed by atoms with Gasteiger partial charge in [0.2, 0.25) is 0 Å². The molecule has 1 amide bonds. The monoisotopic (exact) mass is 692 g/mol. The molecule has 1 aliphatic heterocycles. The molecule has 1 aliphatic rings. The van der Waals surface area contributed by atoms with E-state index in [-0.39, 0.29) is 16.6 Å². The van der Waals surface area contributed by atoms with Crippen molar-refractivity contribution in [3.63, 3.8) is 0 Å². The topological polar surface area (TPSA) is 237 Å². The van der Waals surface area contributed by atoms with E-state index in [1.165, 1.54) is 25.4 Å². The Kier molecular flexibility index (Phi) is 11.1. The van der Waals surface area contributed by atoms with Crippen LogP contribution in [-0.2, 0) is 40.4 Å². The summed E-state index contributed by atoms with van der Waals surface area (Å²) in [6.07, 6.45) is 5.35. The minimum atomic E-state index is -4.99. The Hall–Kier alpha value is -4.72. The lowest BCUT2D eigenvalue weighted by molar-refractivity contribution is -0.697. The standard InChI is InChI=1S/C28H33N7O10S2/c1-4-5-10-34-11-8-17(9-12-34)31-23-7-6-18(14-30-23)43-15-22(26(38)39)44-33-24(20-16-46-27(29)32-20)21(36)13-19-25(37)35(28(19,2)3)45-47(40,41)42/h6-9,11-12,14,16,19,22H,4-5,10,13,15H2,1-3H3,(H4,29,32,38,39,40,41,42)/p+1/b33-24-/t19-,22+/m1/s1. The molecule has 1 fully saturated rings. The summed E-state index contributed by atoms with van der Waals surface area (Å²) in [6, 6.07) is 7.08. The van der Waals surface area contributed by atoms with Gasteiger partial charge in [-0.2, -0.15) is 13.5 Å². The number of anilines is 3. The maximum absolute atomic E-state index is 13.3. The van der Waals surface area contributed by atoms with E-state index in [0.29, 0.717) is 10.9 Å². The van der Waals surface area contributed by atoms with Crippen molar-refractivity contribution in [1.29, 1.82) is 0 Å². The largest absolute Gasteiger partial charge is 0.487 e. The molecule has 5 N–H and O–H groups in total. The van der Waals surface area contributed by atoms with Gasteiger partial charge in [-0.3, -0.25) is 14.1 Å². The number of thiazole rings is 1. The van der Waals surface area contributed by atoms with Crippen LogP contribution >= 0.6 is 11.3 Å². The second kappa shape index (κ2) is 14.8. The van der Waals surface area contributed by atoms with Gasteiger partial charge in [0.05, 0.1) is 23.3 Å². The van der Waals surface area contributed by atoms with E-state index < -0.39 is 64.4 Å². The number of nitrogens with one attached hydrogen (secondary N) is 1. The SMILES string of the molecule is CCCC[n+]1ccc(Nc2ccc(OC[C@H](O/N=C(\C(=O)C[C@@H]3C(=O)N(OS(=O)(=O)O)C3(C)C)c3csc(N)n3)C(=O)O)cn2)cc1. The summed E-state index contributed by atoms with van der Waals surface area (Å²) in [5.41, 5.74) is 4.77. The Morgan fingerprint density at radius 3 is 2.53 bits per heavy atom. The number of pyridine rings is 2. The number of β-lactam (4-membered cyclic amide) rings is 1. The number of aryl methyl sites for hydroxylation is 1. The number of Topliss-reactive ketones (excluding diaryl/α,β-unsaturated/α-hetero) is 1. The number of carboxylic acid groups (broad SMARTS) is 1. The van der Waals surface area contributed by atoms with E-state index in [9.17, 15) is 27.9 Å². The number of amides is 1. The van der Waals surface area contributed by atoms with Crippen LogP contribution in [0, 0.1) is 5.92 Å². The zero-order chi connectivity index (χ0) is 34.4. The van der Waals surface area contributed by atoms with E-state index in [0.717, 1.165) is 36.4 Å². The molecule has 19 heteroatoms.